The van der Waals surface area contributed by atoms with Gasteiger partial charge in [-0.3, -0.25) is 0 Å². The van der Waals surface area contributed by atoms with E-state index < -0.39 is 0 Å². The molecule has 0 unspecified atom stereocenters. The van der Waals surface area contributed by atoms with Crippen molar-refractivity contribution in [3.63, 3.8) is 0 Å². The molecular formula is C17H20ClNO. The minimum absolute atomic E-state index is 0.635. The number of nitrogens with one attached hydrogen (secondary N) is 1. The van der Waals surface area contributed by atoms with E-state index in [2.05, 4.69) is 32.2 Å². The van der Waals surface area contributed by atoms with Gasteiger partial charge in [-0.1, -0.05) is 23.7 Å². The topological polar surface area (TPSA) is 21.3 Å². The number of benzene rings is 2. The average Bonchev–Trinajstić information content (AvgIpc) is 2.38. The van der Waals surface area contributed by atoms with Gasteiger partial charge in [0.15, 0.2) is 0 Å². The van der Waals surface area contributed by atoms with Gasteiger partial charge in [-0.05, 0) is 68.3 Å². The van der Waals surface area contributed by atoms with Crippen LogP contribution >= 0.6 is 11.6 Å². The highest BCUT2D eigenvalue weighted by molar-refractivity contribution is 6.32. The van der Waals surface area contributed by atoms with E-state index in [1.165, 1.54) is 11.1 Å². The molecule has 2 aromatic carbocycles. The number of halogens is 1. The average molecular weight is 290 g/mol. The molecule has 0 saturated heterocycles. The molecule has 0 fully saturated rings. The first-order valence-electron chi connectivity index (χ1n) is 6.70. The summed E-state index contributed by atoms with van der Waals surface area (Å²) in [6.45, 7) is 7.01. The van der Waals surface area contributed by atoms with E-state index >= 15 is 0 Å². The Kier molecular flexibility index (Phi) is 4.69. The summed E-state index contributed by atoms with van der Waals surface area (Å²) in [6, 6.07) is 10.1. The first kappa shape index (κ1) is 14.9. The maximum atomic E-state index is 6.29. The van der Waals surface area contributed by atoms with Crippen LogP contribution in [0.2, 0.25) is 5.02 Å². The Balaban J connectivity index is 2.31. The summed E-state index contributed by atoms with van der Waals surface area (Å²) in [6.07, 6.45) is 0. The van der Waals surface area contributed by atoms with Gasteiger partial charge >= 0.3 is 0 Å². The van der Waals surface area contributed by atoms with Gasteiger partial charge in [0.1, 0.15) is 11.5 Å². The monoisotopic (exact) mass is 289 g/mol. The first-order chi connectivity index (χ1) is 9.51. The van der Waals surface area contributed by atoms with Crippen molar-refractivity contribution in [2.45, 2.75) is 27.3 Å². The molecule has 3 heteroatoms. The smallest absolute Gasteiger partial charge is 0.146 e. The lowest BCUT2D eigenvalue weighted by Gasteiger charge is -2.13. The first-order valence-corrected chi connectivity index (χ1v) is 7.08. The van der Waals surface area contributed by atoms with Crippen LogP contribution in [0.4, 0.5) is 0 Å². The molecule has 0 amide bonds. The molecule has 1 N–H and O–H groups in total. The standard InChI is InChI=1S/C17H20ClNO/c1-11-7-12(2)13(3)17(8-11)20-16-6-5-14(10-19-4)9-15(16)18/h5-9,19H,10H2,1-4H3. The van der Waals surface area contributed by atoms with Gasteiger partial charge < -0.3 is 10.1 Å². The lowest BCUT2D eigenvalue weighted by Crippen LogP contribution is -2.04. The van der Waals surface area contributed by atoms with Crippen molar-refractivity contribution in [1.82, 2.24) is 5.32 Å². The molecule has 0 aliphatic rings. The van der Waals surface area contributed by atoms with Crippen LogP contribution in [0.15, 0.2) is 30.3 Å². The summed E-state index contributed by atoms with van der Waals surface area (Å²) >= 11 is 6.29. The van der Waals surface area contributed by atoms with Crippen LogP contribution in [-0.4, -0.2) is 7.05 Å². The number of aryl methyl sites for hydroxylation is 2. The highest BCUT2D eigenvalue weighted by atomic mass is 35.5. The van der Waals surface area contributed by atoms with Crippen molar-refractivity contribution in [2.75, 3.05) is 7.05 Å². The molecule has 0 bridgehead atoms. The molecule has 2 aromatic rings. The second kappa shape index (κ2) is 6.29. The summed E-state index contributed by atoms with van der Waals surface area (Å²) in [5, 5.41) is 3.74. The molecule has 20 heavy (non-hydrogen) atoms. The Bertz CT molecular complexity index is 623. The molecule has 0 aromatic heterocycles. The van der Waals surface area contributed by atoms with Crippen LogP contribution in [0.5, 0.6) is 11.5 Å². The molecule has 0 heterocycles. The molecule has 2 nitrogen and oxygen atoms in total. The third-order valence-electron chi connectivity index (χ3n) is 3.36. The van der Waals surface area contributed by atoms with E-state index in [1.807, 2.05) is 31.3 Å². The number of ether oxygens (including phenoxy) is 1. The van der Waals surface area contributed by atoms with Crippen LogP contribution in [0.25, 0.3) is 0 Å². The van der Waals surface area contributed by atoms with Crippen molar-refractivity contribution in [3.8, 4) is 11.5 Å². The summed E-state index contributed by atoms with van der Waals surface area (Å²) in [7, 11) is 1.91. The SMILES string of the molecule is CNCc1ccc(Oc2cc(C)cc(C)c2C)c(Cl)c1. The highest BCUT2D eigenvalue weighted by Gasteiger charge is 2.08. The Morgan fingerprint density at radius 2 is 1.80 bits per heavy atom. The lowest BCUT2D eigenvalue weighted by molar-refractivity contribution is 0.478. The Labute approximate surface area is 125 Å². The molecule has 0 spiro atoms. The van der Waals surface area contributed by atoms with Gasteiger partial charge in [0, 0.05) is 6.54 Å². The van der Waals surface area contributed by atoms with Crippen LogP contribution < -0.4 is 10.1 Å². The molecule has 0 atom stereocenters. The second-order valence-corrected chi connectivity index (χ2v) is 5.51. The van der Waals surface area contributed by atoms with E-state index in [-0.39, 0.29) is 0 Å². The van der Waals surface area contributed by atoms with E-state index in [4.69, 9.17) is 16.3 Å². The fraction of sp³-hybridized carbons (Fsp3) is 0.294. The van der Waals surface area contributed by atoms with Crippen LogP contribution in [0.3, 0.4) is 0 Å². The van der Waals surface area contributed by atoms with Gasteiger partial charge in [-0.2, -0.15) is 0 Å². The third-order valence-corrected chi connectivity index (χ3v) is 3.66. The van der Waals surface area contributed by atoms with Crippen molar-refractivity contribution in [2.24, 2.45) is 0 Å². The largest absolute Gasteiger partial charge is 0.456 e. The number of hydrogen-bond acceptors (Lipinski definition) is 2. The van der Waals surface area contributed by atoms with Crippen molar-refractivity contribution in [1.29, 1.82) is 0 Å². The lowest BCUT2D eigenvalue weighted by atomic mass is 10.1. The molecular weight excluding hydrogens is 270 g/mol. The Morgan fingerprint density at radius 3 is 2.45 bits per heavy atom. The minimum atomic E-state index is 0.635. The van der Waals surface area contributed by atoms with Gasteiger partial charge in [-0.25, -0.2) is 0 Å². The molecule has 2 rings (SSSR count). The fourth-order valence-electron chi connectivity index (χ4n) is 2.17. The van der Waals surface area contributed by atoms with E-state index in [1.54, 1.807) is 0 Å². The van der Waals surface area contributed by atoms with Crippen LogP contribution in [0, 0.1) is 20.8 Å². The summed E-state index contributed by atoms with van der Waals surface area (Å²) in [5.74, 6) is 1.56. The van der Waals surface area contributed by atoms with Crippen LogP contribution in [-0.2, 0) is 6.54 Å². The van der Waals surface area contributed by atoms with Gasteiger partial charge in [-0.15, -0.1) is 0 Å². The predicted octanol–water partition coefficient (Wildman–Crippen LogP) is 4.78. The Hall–Kier alpha value is -1.51. The zero-order valence-electron chi connectivity index (χ0n) is 12.4. The molecule has 0 saturated carbocycles. The predicted molar refractivity (Wildman–Crippen MR) is 84.9 cm³/mol. The molecule has 106 valence electrons. The van der Waals surface area contributed by atoms with E-state index in [0.717, 1.165) is 23.4 Å². The fourth-order valence-corrected chi connectivity index (χ4v) is 2.41. The zero-order valence-corrected chi connectivity index (χ0v) is 13.1. The van der Waals surface area contributed by atoms with Crippen LogP contribution in [0.1, 0.15) is 22.3 Å². The highest BCUT2D eigenvalue weighted by Crippen LogP contribution is 2.33. The molecule has 0 radical (unpaired) electrons. The normalized spacial score (nSPS) is 10.7. The van der Waals surface area contributed by atoms with E-state index in [9.17, 15) is 0 Å². The Morgan fingerprint density at radius 1 is 1.05 bits per heavy atom. The summed E-state index contributed by atoms with van der Waals surface area (Å²) in [4.78, 5) is 0. The zero-order chi connectivity index (χ0) is 14.7. The molecule has 0 aliphatic carbocycles. The van der Waals surface area contributed by atoms with Crippen molar-refractivity contribution in [3.05, 3.63) is 57.6 Å². The van der Waals surface area contributed by atoms with E-state index in [0.29, 0.717) is 10.8 Å². The second-order valence-electron chi connectivity index (χ2n) is 5.10. The maximum absolute atomic E-state index is 6.29. The number of hydrogen-bond donors (Lipinski definition) is 1. The number of rotatable bonds is 4. The third kappa shape index (κ3) is 3.33. The minimum Gasteiger partial charge on any atom is -0.456 e. The van der Waals surface area contributed by atoms with Gasteiger partial charge in [0.25, 0.3) is 0 Å². The van der Waals surface area contributed by atoms with Crippen molar-refractivity contribution >= 4 is 11.6 Å². The van der Waals surface area contributed by atoms with Gasteiger partial charge in [0.2, 0.25) is 0 Å². The quantitative estimate of drug-likeness (QED) is 0.875. The summed E-state index contributed by atoms with van der Waals surface area (Å²) < 4.78 is 5.98. The maximum Gasteiger partial charge on any atom is 0.146 e. The van der Waals surface area contributed by atoms with Crippen molar-refractivity contribution < 1.29 is 4.74 Å². The molecule has 0 aliphatic heterocycles. The summed E-state index contributed by atoms with van der Waals surface area (Å²) in [5.41, 5.74) is 4.70. The van der Waals surface area contributed by atoms with Gasteiger partial charge in [0.05, 0.1) is 5.02 Å².